The third kappa shape index (κ3) is 4.18. The molecule has 22 heavy (non-hydrogen) atoms. The zero-order chi connectivity index (χ0) is 16.2. The van der Waals surface area contributed by atoms with Gasteiger partial charge in [-0.2, -0.15) is 4.31 Å². The average Bonchev–Trinajstić information content (AvgIpc) is 2.47. The molecule has 4 heteroatoms. The molecule has 0 aromatic heterocycles. The molecule has 0 saturated carbocycles. The summed E-state index contributed by atoms with van der Waals surface area (Å²) in [5.41, 5.74) is 2.05. The van der Waals surface area contributed by atoms with E-state index >= 15 is 0 Å². The highest BCUT2D eigenvalue weighted by Crippen LogP contribution is 2.20. The molecule has 118 valence electrons. The van der Waals surface area contributed by atoms with Crippen LogP contribution in [0.3, 0.4) is 0 Å². The van der Waals surface area contributed by atoms with Crippen LogP contribution in [-0.4, -0.2) is 19.3 Å². The molecule has 2 aromatic rings. The Bertz CT molecular complexity index is 692. The Labute approximate surface area is 133 Å². The van der Waals surface area contributed by atoms with Crippen LogP contribution in [0.15, 0.2) is 59.5 Å². The lowest BCUT2D eigenvalue weighted by Gasteiger charge is -2.24. The van der Waals surface area contributed by atoms with Gasteiger partial charge in [0.15, 0.2) is 0 Å². The topological polar surface area (TPSA) is 37.4 Å². The fourth-order valence-electron chi connectivity index (χ4n) is 2.30. The maximum atomic E-state index is 12.9. The van der Waals surface area contributed by atoms with E-state index in [9.17, 15) is 8.42 Å². The van der Waals surface area contributed by atoms with E-state index in [1.54, 1.807) is 16.4 Å². The lowest BCUT2D eigenvalue weighted by atomic mass is 10.2. The summed E-state index contributed by atoms with van der Waals surface area (Å²) in [6.45, 7) is 6.91. The molecule has 0 aliphatic rings. The second-order valence-corrected chi connectivity index (χ2v) is 7.93. The summed E-state index contributed by atoms with van der Waals surface area (Å²) < 4.78 is 27.4. The molecular formula is C18H23NO2S. The van der Waals surface area contributed by atoms with Crippen molar-refractivity contribution < 1.29 is 8.42 Å². The van der Waals surface area contributed by atoms with Gasteiger partial charge in [0, 0.05) is 13.1 Å². The summed E-state index contributed by atoms with van der Waals surface area (Å²) in [5, 5.41) is 0. The summed E-state index contributed by atoms with van der Waals surface area (Å²) in [7, 11) is -3.48. The van der Waals surface area contributed by atoms with Crippen molar-refractivity contribution in [1.29, 1.82) is 0 Å². The average molecular weight is 317 g/mol. The molecule has 0 bridgehead atoms. The minimum absolute atomic E-state index is 0.268. The molecule has 0 atom stereocenters. The highest BCUT2D eigenvalue weighted by Gasteiger charge is 2.25. The van der Waals surface area contributed by atoms with Gasteiger partial charge in [0.1, 0.15) is 0 Å². The number of hydrogen-bond acceptors (Lipinski definition) is 2. The SMILES string of the molecule is Cc1ccc(S(=O)(=O)N(Cc2ccccc2)CC(C)C)cc1. The Morgan fingerprint density at radius 3 is 2.09 bits per heavy atom. The minimum atomic E-state index is -3.48. The smallest absolute Gasteiger partial charge is 0.207 e. The fraction of sp³-hybridized carbons (Fsp3) is 0.333. The summed E-state index contributed by atoms with van der Waals surface area (Å²) >= 11 is 0. The van der Waals surface area contributed by atoms with Crippen molar-refractivity contribution in [2.45, 2.75) is 32.2 Å². The van der Waals surface area contributed by atoms with Gasteiger partial charge in [-0.25, -0.2) is 8.42 Å². The van der Waals surface area contributed by atoms with E-state index in [0.717, 1.165) is 11.1 Å². The lowest BCUT2D eigenvalue weighted by molar-refractivity contribution is 0.362. The van der Waals surface area contributed by atoms with Gasteiger partial charge in [-0.15, -0.1) is 0 Å². The largest absolute Gasteiger partial charge is 0.243 e. The second kappa shape index (κ2) is 7.07. The van der Waals surface area contributed by atoms with E-state index in [4.69, 9.17) is 0 Å². The molecule has 0 unspecified atom stereocenters. The molecule has 0 aliphatic heterocycles. The normalized spacial score (nSPS) is 12.0. The number of aryl methyl sites for hydroxylation is 1. The van der Waals surface area contributed by atoms with Crippen LogP contribution in [0.4, 0.5) is 0 Å². The number of benzene rings is 2. The van der Waals surface area contributed by atoms with Crippen LogP contribution in [0.2, 0.25) is 0 Å². The molecular weight excluding hydrogens is 294 g/mol. The van der Waals surface area contributed by atoms with Gasteiger partial charge in [0.25, 0.3) is 0 Å². The molecule has 0 spiro atoms. The van der Waals surface area contributed by atoms with E-state index < -0.39 is 10.0 Å². The van der Waals surface area contributed by atoms with E-state index in [1.165, 1.54) is 0 Å². The van der Waals surface area contributed by atoms with Crippen LogP contribution in [0.25, 0.3) is 0 Å². The first kappa shape index (κ1) is 16.7. The Hall–Kier alpha value is -1.65. The maximum Gasteiger partial charge on any atom is 0.243 e. The van der Waals surface area contributed by atoms with Crippen molar-refractivity contribution in [3.8, 4) is 0 Å². The Morgan fingerprint density at radius 1 is 0.955 bits per heavy atom. The first-order valence-corrected chi connectivity index (χ1v) is 8.94. The van der Waals surface area contributed by atoms with Gasteiger partial charge in [0.05, 0.1) is 4.90 Å². The molecule has 2 rings (SSSR count). The third-order valence-electron chi connectivity index (χ3n) is 3.43. The molecule has 2 aromatic carbocycles. The zero-order valence-electron chi connectivity index (χ0n) is 13.4. The molecule has 0 saturated heterocycles. The van der Waals surface area contributed by atoms with Gasteiger partial charge in [0.2, 0.25) is 10.0 Å². The Balaban J connectivity index is 2.33. The molecule has 0 radical (unpaired) electrons. The molecule has 0 aliphatic carbocycles. The number of sulfonamides is 1. The highest BCUT2D eigenvalue weighted by atomic mass is 32.2. The zero-order valence-corrected chi connectivity index (χ0v) is 14.2. The quantitative estimate of drug-likeness (QED) is 0.811. The second-order valence-electron chi connectivity index (χ2n) is 5.99. The van der Waals surface area contributed by atoms with E-state index in [0.29, 0.717) is 18.0 Å². The van der Waals surface area contributed by atoms with Crippen LogP contribution in [-0.2, 0) is 16.6 Å². The summed E-state index contributed by atoms with van der Waals surface area (Å²) in [6, 6.07) is 16.8. The number of hydrogen-bond donors (Lipinski definition) is 0. The van der Waals surface area contributed by atoms with Crippen molar-refractivity contribution in [1.82, 2.24) is 4.31 Å². The maximum absolute atomic E-state index is 12.9. The summed E-state index contributed by atoms with van der Waals surface area (Å²) in [4.78, 5) is 0.356. The van der Waals surface area contributed by atoms with E-state index in [1.807, 2.05) is 63.2 Å². The lowest BCUT2D eigenvalue weighted by Crippen LogP contribution is -2.33. The van der Waals surface area contributed by atoms with Gasteiger partial charge in [-0.05, 0) is 30.5 Å². The standard InChI is InChI=1S/C18H23NO2S/c1-15(2)13-19(14-17-7-5-4-6-8-17)22(20,21)18-11-9-16(3)10-12-18/h4-12,15H,13-14H2,1-3H3. The van der Waals surface area contributed by atoms with Crippen LogP contribution in [0.1, 0.15) is 25.0 Å². The number of rotatable bonds is 6. The molecule has 0 heterocycles. The molecule has 0 amide bonds. The van der Waals surface area contributed by atoms with E-state index in [2.05, 4.69) is 0 Å². The number of nitrogens with zero attached hydrogens (tertiary/aromatic N) is 1. The van der Waals surface area contributed by atoms with Crippen LogP contribution in [0, 0.1) is 12.8 Å². The van der Waals surface area contributed by atoms with Crippen molar-refractivity contribution in [3.05, 3.63) is 65.7 Å². The van der Waals surface area contributed by atoms with Gasteiger partial charge in [-0.3, -0.25) is 0 Å². The van der Waals surface area contributed by atoms with Crippen molar-refractivity contribution in [3.63, 3.8) is 0 Å². The van der Waals surface area contributed by atoms with Gasteiger partial charge < -0.3 is 0 Å². The predicted octanol–water partition coefficient (Wildman–Crippen LogP) is 3.84. The molecule has 3 nitrogen and oxygen atoms in total. The van der Waals surface area contributed by atoms with E-state index in [-0.39, 0.29) is 5.92 Å². The van der Waals surface area contributed by atoms with Crippen LogP contribution >= 0.6 is 0 Å². The Kier molecular flexibility index (Phi) is 5.37. The fourth-order valence-corrected chi connectivity index (χ4v) is 3.89. The Morgan fingerprint density at radius 2 is 1.55 bits per heavy atom. The first-order chi connectivity index (χ1) is 10.4. The monoisotopic (exact) mass is 317 g/mol. The van der Waals surface area contributed by atoms with Gasteiger partial charge in [-0.1, -0.05) is 61.9 Å². The molecule has 0 N–H and O–H groups in total. The first-order valence-electron chi connectivity index (χ1n) is 7.50. The van der Waals surface area contributed by atoms with Gasteiger partial charge >= 0.3 is 0 Å². The minimum Gasteiger partial charge on any atom is -0.207 e. The van der Waals surface area contributed by atoms with Crippen molar-refractivity contribution >= 4 is 10.0 Å². The van der Waals surface area contributed by atoms with Crippen molar-refractivity contribution in [2.24, 2.45) is 5.92 Å². The third-order valence-corrected chi connectivity index (χ3v) is 5.26. The van der Waals surface area contributed by atoms with Crippen molar-refractivity contribution in [2.75, 3.05) is 6.54 Å². The predicted molar refractivity (Wildman–Crippen MR) is 90.1 cm³/mol. The summed E-state index contributed by atoms with van der Waals surface area (Å²) in [5.74, 6) is 0.268. The van der Waals surface area contributed by atoms with Crippen LogP contribution in [0.5, 0.6) is 0 Å². The highest BCUT2D eigenvalue weighted by molar-refractivity contribution is 7.89. The molecule has 0 fully saturated rings. The van der Waals surface area contributed by atoms with Crippen LogP contribution < -0.4 is 0 Å². The summed E-state index contributed by atoms with van der Waals surface area (Å²) in [6.07, 6.45) is 0.